The van der Waals surface area contributed by atoms with Gasteiger partial charge < -0.3 is 9.30 Å². The van der Waals surface area contributed by atoms with Crippen molar-refractivity contribution in [1.29, 1.82) is 0 Å². The van der Waals surface area contributed by atoms with Crippen LogP contribution in [0.25, 0.3) is 11.1 Å². The first kappa shape index (κ1) is 24.4. The first-order chi connectivity index (χ1) is 15.5. The maximum Gasteiger partial charge on any atom is 0.264 e. The number of carbonyl (C=O) groups is 1. The minimum absolute atomic E-state index is 0.0322. The van der Waals surface area contributed by atoms with Crippen LogP contribution in [-0.2, 0) is 21.2 Å². The summed E-state index contributed by atoms with van der Waals surface area (Å²) in [5.74, 6) is -0.150. The zero-order chi connectivity index (χ0) is 24.2. The minimum atomic E-state index is -3.85. The van der Waals surface area contributed by atoms with E-state index in [1.165, 1.54) is 35.4 Å². The van der Waals surface area contributed by atoms with Crippen LogP contribution in [0.4, 0.5) is 0 Å². The number of hydrogen-bond donors (Lipinski definition) is 2. The molecule has 0 spiro atoms. The van der Waals surface area contributed by atoms with Gasteiger partial charge in [0, 0.05) is 42.3 Å². The van der Waals surface area contributed by atoms with E-state index >= 15 is 0 Å². The van der Waals surface area contributed by atoms with Gasteiger partial charge in [0.05, 0.1) is 0 Å². The van der Waals surface area contributed by atoms with E-state index in [4.69, 9.17) is 21.5 Å². The molecule has 9 nitrogen and oxygen atoms in total. The molecular formula is C22H22ClN3O6S. The van der Waals surface area contributed by atoms with Crippen molar-refractivity contribution in [2.24, 2.45) is 0 Å². The SMILES string of the molecule is C[C@@](CCn1ccc(-c2ccc(Oc3cc(Cl)ccn3)cc2)cc1=O)(C(=O)NO)S(C)(=O)=O. The molecule has 2 heterocycles. The van der Waals surface area contributed by atoms with E-state index in [9.17, 15) is 18.0 Å². The largest absolute Gasteiger partial charge is 0.439 e. The fraction of sp³-hybridized carbons (Fsp3) is 0.227. The Balaban J connectivity index is 1.75. The molecule has 1 amide bonds. The number of carbonyl (C=O) groups excluding carboxylic acids is 1. The Morgan fingerprint density at radius 2 is 1.88 bits per heavy atom. The molecule has 0 aliphatic rings. The molecule has 0 saturated heterocycles. The summed E-state index contributed by atoms with van der Waals surface area (Å²) in [4.78, 5) is 28.6. The molecule has 0 aliphatic carbocycles. The average Bonchev–Trinajstić information content (AvgIpc) is 2.77. The summed E-state index contributed by atoms with van der Waals surface area (Å²) in [6.07, 6.45) is 3.78. The number of sulfone groups is 1. The predicted octanol–water partition coefficient (Wildman–Crippen LogP) is 3.05. The summed E-state index contributed by atoms with van der Waals surface area (Å²) < 4.78 is 29.2. The lowest BCUT2D eigenvalue weighted by Gasteiger charge is -2.25. The third-order valence-corrected chi connectivity index (χ3v) is 7.59. The summed E-state index contributed by atoms with van der Waals surface area (Å²) in [7, 11) is -3.85. The van der Waals surface area contributed by atoms with Crippen molar-refractivity contribution >= 4 is 27.3 Å². The Hall–Kier alpha value is -3.21. The van der Waals surface area contributed by atoms with Gasteiger partial charge in [-0.1, -0.05) is 23.7 Å². The summed E-state index contributed by atoms with van der Waals surface area (Å²) in [5.41, 5.74) is 2.45. The quantitative estimate of drug-likeness (QED) is 0.366. The number of amides is 1. The van der Waals surface area contributed by atoms with Gasteiger partial charge in [-0.2, -0.15) is 0 Å². The van der Waals surface area contributed by atoms with Crippen LogP contribution in [0.3, 0.4) is 0 Å². The van der Waals surface area contributed by atoms with Gasteiger partial charge in [-0.25, -0.2) is 18.9 Å². The number of hydrogen-bond acceptors (Lipinski definition) is 7. The molecule has 0 bridgehead atoms. The lowest BCUT2D eigenvalue weighted by Crippen LogP contribution is -2.49. The third-order valence-electron chi connectivity index (χ3n) is 5.33. The Labute approximate surface area is 195 Å². The highest BCUT2D eigenvalue weighted by atomic mass is 35.5. The van der Waals surface area contributed by atoms with Crippen LogP contribution >= 0.6 is 11.6 Å². The fourth-order valence-corrected chi connectivity index (χ4v) is 4.06. The molecule has 0 radical (unpaired) electrons. The van der Waals surface area contributed by atoms with E-state index in [1.54, 1.807) is 42.5 Å². The molecule has 11 heteroatoms. The van der Waals surface area contributed by atoms with E-state index in [1.807, 2.05) is 0 Å². The highest BCUT2D eigenvalue weighted by molar-refractivity contribution is 7.92. The minimum Gasteiger partial charge on any atom is -0.439 e. The van der Waals surface area contributed by atoms with Gasteiger partial charge in [0.25, 0.3) is 11.5 Å². The smallest absolute Gasteiger partial charge is 0.264 e. The first-order valence-corrected chi connectivity index (χ1v) is 12.0. The maximum atomic E-state index is 12.6. The van der Waals surface area contributed by atoms with Crippen molar-refractivity contribution in [3.8, 4) is 22.8 Å². The summed E-state index contributed by atoms with van der Waals surface area (Å²) in [6, 6.07) is 13.4. The van der Waals surface area contributed by atoms with Gasteiger partial charge in [-0.3, -0.25) is 14.8 Å². The van der Waals surface area contributed by atoms with Crippen molar-refractivity contribution in [3.63, 3.8) is 0 Å². The lowest BCUT2D eigenvalue weighted by atomic mass is 10.1. The molecule has 0 unspecified atom stereocenters. The molecule has 0 fully saturated rings. The summed E-state index contributed by atoms with van der Waals surface area (Å²) >= 11 is 5.92. The standard InChI is InChI=1S/C22H22ClN3O6S/c1-22(21(28)25-29,33(2,30)31)9-12-26-11-8-16(13-20(26)27)15-3-5-18(6-4-15)32-19-14-17(23)7-10-24-19/h3-8,10-11,13-14,29H,9,12H2,1-2H3,(H,25,28)/t22-/m1/s1. The Morgan fingerprint density at radius 1 is 1.18 bits per heavy atom. The molecule has 1 aromatic carbocycles. The van der Waals surface area contributed by atoms with Crippen molar-refractivity contribution < 1.29 is 23.2 Å². The zero-order valence-electron chi connectivity index (χ0n) is 17.9. The Bertz CT molecular complexity index is 1320. The molecule has 174 valence electrons. The molecular weight excluding hydrogens is 470 g/mol. The Kier molecular flexibility index (Phi) is 7.21. The van der Waals surface area contributed by atoms with Crippen molar-refractivity contribution in [2.45, 2.75) is 24.6 Å². The Morgan fingerprint density at radius 3 is 2.45 bits per heavy atom. The van der Waals surface area contributed by atoms with Gasteiger partial charge in [0.1, 0.15) is 5.75 Å². The molecule has 0 saturated carbocycles. The van der Waals surface area contributed by atoms with E-state index in [2.05, 4.69) is 4.98 Å². The highest BCUT2D eigenvalue weighted by Crippen LogP contribution is 2.26. The highest BCUT2D eigenvalue weighted by Gasteiger charge is 2.43. The number of nitrogens with one attached hydrogen (secondary N) is 1. The maximum absolute atomic E-state index is 12.6. The number of benzene rings is 1. The molecule has 33 heavy (non-hydrogen) atoms. The number of rotatable bonds is 8. The van der Waals surface area contributed by atoms with Gasteiger partial charge in [0.15, 0.2) is 14.6 Å². The molecule has 2 aromatic heterocycles. The monoisotopic (exact) mass is 491 g/mol. The van der Waals surface area contributed by atoms with Crippen LogP contribution in [0.5, 0.6) is 11.6 Å². The van der Waals surface area contributed by atoms with Gasteiger partial charge in [0.2, 0.25) is 5.88 Å². The summed E-state index contributed by atoms with van der Waals surface area (Å²) in [6.45, 7) is 1.17. The third kappa shape index (κ3) is 5.59. The van der Waals surface area contributed by atoms with E-state index in [-0.39, 0.29) is 18.5 Å². The van der Waals surface area contributed by atoms with Crippen molar-refractivity contribution in [2.75, 3.05) is 6.26 Å². The number of pyridine rings is 2. The van der Waals surface area contributed by atoms with Crippen molar-refractivity contribution in [1.82, 2.24) is 15.0 Å². The second-order valence-corrected chi connectivity index (χ2v) is 10.5. The average molecular weight is 492 g/mol. The van der Waals surface area contributed by atoms with E-state index in [0.29, 0.717) is 22.2 Å². The zero-order valence-corrected chi connectivity index (χ0v) is 19.4. The van der Waals surface area contributed by atoms with Crippen LogP contribution in [0.1, 0.15) is 13.3 Å². The van der Waals surface area contributed by atoms with Gasteiger partial charge in [-0.05, 0) is 48.7 Å². The van der Waals surface area contributed by atoms with Gasteiger partial charge >= 0.3 is 0 Å². The molecule has 0 aliphatic heterocycles. The van der Waals surface area contributed by atoms with Crippen LogP contribution in [0.15, 0.2) is 65.7 Å². The predicted molar refractivity (Wildman–Crippen MR) is 123 cm³/mol. The van der Waals surface area contributed by atoms with Gasteiger partial charge in [-0.15, -0.1) is 0 Å². The normalized spacial score (nSPS) is 13.2. The first-order valence-electron chi connectivity index (χ1n) is 9.78. The molecule has 3 rings (SSSR count). The molecule has 1 atom stereocenters. The lowest BCUT2D eigenvalue weighted by molar-refractivity contribution is -0.131. The second kappa shape index (κ2) is 9.74. The van der Waals surface area contributed by atoms with E-state index in [0.717, 1.165) is 11.8 Å². The fourth-order valence-electron chi connectivity index (χ4n) is 3.07. The van der Waals surface area contributed by atoms with Crippen LogP contribution in [0.2, 0.25) is 5.02 Å². The number of ether oxygens (including phenoxy) is 1. The van der Waals surface area contributed by atoms with E-state index < -0.39 is 20.5 Å². The van der Waals surface area contributed by atoms with Crippen LogP contribution in [-0.4, -0.2) is 40.1 Å². The molecule has 3 aromatic rings. The molecule has 2 N–H and O–H groups in total. The number of nitrogens with zero attached hydrogens (tertiary/aromatic N) is 2. The topological polar surface area (TPSA) is 128 Å². The number of aryl methyl sites for hydroxylation is 1. The van der Waals surface area contributed by atoms with Crippen molar-refractivity contribution in [3.05, 3.63) is 76.3 Å². The number of aromatic nitrogens is 2. The number of hydroxylamine groups is 1. The number of halogens is 1. The second-order valence-electron chi connectivity index (χ2n) is 7.58. The van der Waals surface area contributed by atoms with Crippen LogP contribution in [0, 0.1) is 0 Å². The summed E-state index contributed by atoms with van der Waals surface area (Å²) in [5, 5.41) is 9.42. The van der Waals surface area contributed by atoms with Crippen LogP contribution < -0.4 is 15.8 Å².